The van der Waals surface area contributed by atoms with Gasteiger partial charge in [0.1, 0.15) is 25.3 Å². The second kappa shape index (κ2) is 3.30. The van der Waals surface area contributed by atoms with Crippen molar-refractivity contribution in [3.63, 3.8) is 0 Å². The van der Waals surface area contributed by atoms with Crippen molar-refractivity contribution in [1.82, 2.24) is 0 Å². The van der Waals surface area contributed by atoms with Crippen LogP contribution < -0.4 is 5.06 Å². The Labute approximate surface area is 60.0 Å². The minimum atomic E-state index is -0.253. The van der Waals surface area contributed by atoms with Gasteiger partial charge in [0, 0.05) is 0 Å². The lowest BCUT2D eigenvalue weighted by atomic mass is 10.2. The average Bonchev–Trinajstić information content (AvgIpc) is 1.85. The van der Waals surface area contributed by atoms with Gasteiger partial charge in [-0.3, -0.25) is 0 Å². The minimum absolute atomic E-state index is 0.0154. The highest BCUT2D eigenvalue weighted by atomic mass is 16.5. The first kappa shape index (κ1) is 7.94. The van der Waals surface area contributed by atoms with Crippen LogP contribution in [0.15, 0.2) is 0 Å². The van der Waals surface area contributed by atoms with Crippen molar-refractivity contribution in [3.05, 3.63) is 5.21 Å². The first-order chi connectivity index (χ1) is 4.72. The van der Waals surface area contributed by atoms with E-state index in [1.54, 1.807) is 0 Å². The van der Waals surface area contributed by atoms with Crippen molar-refractivity contribution < 1.29 is 14.9 Å². The van der Waals surface area contributed by atoms with E-state index in [1.165, 1.54) is 0 Å². The first-order valence-electron chi connectivity index (χ1n) is 3.50. The van der Waals surface area contributed by atoms with Gasteiger partial charge in [-0.15, -0.1) is 0 Å². The van der Waals surface area contributed by atoms with E-state index in [9.17, 15) is 5.21 Å². The summed E-state index contributed by atoms with van der Waals surface area (Å²) in [7, 11) is 0. The number of aliphatic hydroxyl groups excluding tert-OH is 1. The van der Waals surface area contributed by atoms with Crippen molar-refractivity contribution in [1.29, 1.82) is 0 Å². The van der Waals surface area contributed by atoms with Gasteiger partial charge in [-0.25, -0.2) is 0 Å². The molecule has 10 heavy (non-hydrogen) atoms. The number of quaternary nitrogens is 1. The molecule has 2 N–H and O–H groups in total. The third kappa shape index (κ3) is 1.91. The number of nitrogens with one attached hydrogen (secondary N) is 1. The standard InChI is InChI=1S/C6H13NO3/c1-5-2-7(9)3-6(4-8)10-5/h5-8H,2-4H2,1H3/t5?,6-/m0/s1. The van der Waals surface area contributed by atoms with Gasteiger partial charge in [-0.1, -0.05) is 0 Å². The second-order valence-corrected chi connectivity index (χ2v) is 2.70. The molecule has 1 aliphatic rings. The fourth-order valence-corrected chi connectivity index (χ4v) is 1.19. The van der Waals surface area contributed by atoms with Crippen LogP contribution in [0.25, 0.3) is 0 Å². The summed E-state index contributed by atoms with van der Waals surface area (Å²) in [5.74, 6) is 0. The van der Waals surface area contributed by atoms with E-state index >= 15 is 0 Å². The van der Waals surface area contributed by atoms with Gasteiger partial charge in [0.2, 0.25) is 0 Å². The predicted molar refractivity (Wildman–Crippen MR) is 35.5 cm³/mol. The Hall–Kier alpha value is -0.160. The molecule has 1 saturated heterocycles. The number of hydrogen-bond donors (Lipinski definition) is 2. The fraction of sp³-hybridized carbons (Fsp3) is 1.00. The Bertz CT molecular complexity index is 99.2. The molecule has 1 fully saturated rings. The van der Waals surface area contributed by atoms with Gasteiger partial charge in [0.25, 0.3) is 0 Å². The molecule has 0 amide bonds. The molecule has 0 bridgehead atoms. The summed E-state index contributed by atoms with van der Waals surface area (Å²) < 4.78 is 5.24. The van der Waals surface area contributed by atoms with Crippen molar-refractivity contribution in [3.8, 4) is 0 Å². The molecule has 0 spiro atoms. The zero-order chi connectivity index (χ0) is 7.56. The van der Waals surface area contributed by atoms with Crippen LogP contribution in [-0.2, 0) is 4.74 Å². The molecule has 0 aliphatic carbocycles. The Morgan fingerprint density at radius 2 is 2.40 bits per heavy atom. The number of aliphatic hydroxyl groups is 1. The van der Waals surface area contributed by atoms with Crippen LogP contribution in [0, 0.1) is 5.21 Å². The lowest BCUT2D eigenvalue weighted by Gasteiger charge is -2.35. The third-order valence-corrected chi connectivity index (χ3v) is 1.60. The number of hydroxylamine groups is 2. The zero-order valence-electron chi connectivity index (χ0n) is 6.04. The Morgan fingerprint density at radius 1 is 1.70 bits per heavy atom. The van der Waals surface area contributed by atoms with Crippen LogP contribution in [0.2, 0.25) is 0 Å². The Balaban J connectivity index is 2.35. The Morgan fingerprint density at radius 3 is 2.90 bits per heavy atom. The molecule has 0 aromatic carbocycles. The molecule has 4 heteroatoms. The maximum atomic E-state index is 10.9. The van der Waals surface area contributed by atoms with Gasteiger partial charge in [0.15, 0.2) is 0 Å². The highest BCUT2D eigenvalue weighted by Gasteiger charge is 2.23. The van der Waals surface area contributed by atoms with Gasteiger partial charge in [-0.2, -0.15) is 0 Å². The molecule has 4 nitrogen and oxygen atoms in total. The maximum absolute atomic E-state index is 10.9. The molecule has 0 aromatic rings. The molecule has 0 saturated carbocycles. The van der Waals surface area contributed by atoms with Gasteiger partial charge in [-0.05, 0) is 6.92 Å². The quantitative estimate of drug-likeness (QED) is 0.428. The summed E-state index contributed by atoms with van der Waals surface area (Å²) >= 11 is 0. The van der Waals surface area contributed by atoms with E-state index in [0.29, 0.717) is 13.1 Å². The van der Waals surface area contributed by atoms with Gasteiger partial charge >= 0.3 is 0 Å². The second-order valence-electron chi connectivity index (χ2n) is 2.70. The molecule has 1 heterocycles. The van der Waals surface area contributed by atoms with Crippen molar-refractivity contribution in [2.24, 2.45) is 0 Å². The number of rotatable bonds is 1. The zero-order valence-corrected chi connectivity index (χ0v) is 6.04. The molecular formula is C6H13NO3. The smallest absolute Gasteiger partial charge is 0.130 e. The van der Waals surface area contributed by atoms with Crippen molar-refractivity contribution in [2.45, 2.75) is 19.1 Å². The molecule has 2 unspecified atom stereocenters. The van der Waals surface area contributed by atoms with E-state index in [4.69, 9.17) is 9.84 Å². The number of hydrogen-bond acceptors (Lipinski definition) is 3. The van der Waals surface area contributed by atoms with Crippen LogP contribution >= 0.6 is 0 Å². The molecular weight excluding hydrogens is 134 g/mol. The van der Waals surface area contributed by atoms with E-state index < -0.39 is 0 Å². The Kier molecular flexibility index (Phi) is 2.62. The normalized spacial score (nSPS) is 41.7. The first-order valence-corrected chi connectivity index (χ1v) is 3.50. The number of ether oxygens (including phenoxy) is 1. The molecule has 0 radical (unpaired) electrons. The van der Waals surface area contributed by atoms with Crippen LogP contribution in [0.5, 0.6) is 0 Å². The largest absolute Gasteiger partial charge is 0.634 e. The van der Waals surface area contributed by atoms with Crippen LogP contribution in [0.4, 0.5) is 0 Å². The van der Waals surface area contributed by atoms with Crippen molar-refractivity contribution in [2.75, 3.05) is 19.7 Å². The van der Waals surface area contributed by atoms with Crippen molar-refractivity contribution >= 4 is 0 Å². The van der Waals surface area contributed by atoms with E-state index in [2.05, 4.69) is 0 Å². The minimum Gasteiger partial charge on any atom is -0.634 e. The summed E-state index contributed by atoms with van der Waals surface area (Å²) in [5.41, 5.74) is 0. The highest BCUT2D eigenvalue weighted by molar-refractivity contribution is 4.61. The molecule has 1 aliphatic heterocycles. The SMILES string of the molecule is CC1C[NH+]([O-])C[C@@H](CO)O1. The van der Waals surface area contributed by atoms with Gasteiger partial charge < -0.3 is 20.1 Å². The predicted octanol–water partition coefficient (Wildman–Crippen LogP) is -1.85. The van der Waals surface area contributed by atoms with E-state index in [0.717, 1.165) is 0 Å². The lowest BCUT2D eigenvalue weighted by molar-refractivity contribution is -0.865. The van der Waals surface area contributed by atoms with E-state index in [1.807, 2.05) is 6.92 Å². The summed E-state index contributed by atoms with van der Waals surface area (Å²) in [6.07, 6.45) is -0.269. The lowest BCUT2D eigenvalue weighted by Crippen LogP contribution is -3.11. The summed E-state index contributed by atoms with van der Waals surface area (Å²) in [6, 6.07) is 0. The van der Waals surface area contributed by atoms with Crippen LogP contribution in [0.1, 0.15) is 6.92 Å². The van der Waals surface area contributed by atoms with Crippen LogP contribution in [-0.4, -0.2) is 37.0 Å². The monoisotopic (exact) mass is 147 g/mol. The molecule has 0 aromatic heterocycles. The fourth-order valence-electron chi connectivity index (χ4n) is 1.19. The maximum Gasteiger partial charge on any atom is 0.130 e. The highest BCUT2D eigenvalue weighted by Crippen LogP contribution is 1.97. The molecule has 3 atom stereocenters. The molecule has 1 rings (SSSR count). The topological polar surface area (TPSA) is 57.0 Å². The summed E-state index contributed by atoms with van der Waals surface area (Å²) in [4.78, 5) is 0. The van der Waals surface area contributed by atoms with Gasteiger partial charge in [0.05, 0.1) is 6.61 Å². The summed E-state index contributed by atoms with van der Waals surface area (Å²) in [6.45, 7) is 2.67. The van der Waals surface area contributed by atoms with E-state index in [-0.39, 0.29) is 23.9 Å². The number of morpholine rings is 1. The average molecular weight is 147 g/mol. The van der Waals surface area contributed by atoms with Crippen LogP contribution in [0.3, 0.4) is 0 Å². The summed E-state index contributed by atoms with van der Waals surface area (Å²) in [5, 5.41) is 19.7. The third-order valence-electron chi connectivity index (χ3n) is 1.60. The molecule has 60 valence electrons.